The molecule has 2 N–H and O–H groups in total. The second-order valence-electron chi connectivity index (χ2n) is 5.85. The first-order chi connectivity index (χ1) is 14.1. The van der Waals surface area contributed by atoms with Gasteiger partial charge >= 0.3 is 5.69 Å². The fourth-order valence-electron chi connectivity index (χ4n) is 2.64. The molecule has 1 saturated heterocycles. The van der Waals surface area contributed by atoms with E-state index in [1.54, 1.807) is 12.1 Å². The maximum atomic E-state index is 12.9. The monoisotopic (exact) mass is 448 g/mol. The van der Waals surface area contributed by atoms with Crippen LogP contribution in [0.2, 0.25) is 5.02 Å². The van der Waals surface area contributed by atoms with Gasteiger partial charge < -0.3 is 5.11 Å². The number of phenolic OH excluding ortho intramolecular Hbond substituents is 1. The highest BCUT2D eigenvalue weighted by Crippen LogP contribution is 2.36. The Hall–Kier alpha value is -3.90. The maximum Gasteiger partial charge on any atom is 0.318 e. The van der Waals surface area contributed by atoms with Crippen LogP contribution in [0.3, 0.4) is 0 Å². The normalized spacial score (nSPS) is 15.3. The predicted molar refractivity (Wildman–Crippen MR) is 109 cm³/mol. The Morgan fingerprint density at radius 3 is 2.43 bits per heavy atom. The van der Waals surface area contributed by atoms with Crippen LogP contribution in [-0.2, 0) is 9.59 Å². The molecule has 1 aliphatic heterocycles. The van der Waals surface area contributed by atoms with Gasteiger partial charge in [0.25, 0.3) is 17.5 Å². The van der Waals surface area contributed by atoms with E-state index in [0.29, 0.717) is 6.07 Å². The number of thiocarbonyl (C=S) groups is 1. The zero-order valence-electron chi connectivity index (χ0n) is 14.6. The third-order valence-electron chi connectivity index (χ3n) is 3.98. The summed E-state index contributed by atoms with van der Waals surface area (Å²) in [7, 11) is 0. The van der Waals surface area contributed by atoms with Crippen LogP contribution in [0.15, 0.2) is 42.0 Å². The van der Waals surface area contributed by atoms with E-state index in [2.05, 4.69) is 5.32 Å². The van der Waals surface area contributed by atoms with Crippen LogP contribution in [0.4, 0.5) is 17.1 Å². The molecule has 0 saturated carbocycles. The topological polar surface area (TPSA) is 156 Å². The Labute approximate surface area is 177 Å². The molecule has 30 heavy (non-hydrogen) atoms. The Morgan fingerprint density at radius 2 is 1.83 bits per heavy atom. The number of benzene rings is 2. The van der Waals surface area contributed by atoms with Gasteiger partial charge in [-0.3, -0.25) is 40.0 Å². The van der Waals surface area contributed by atoms with Crippen molar-refractivity contribution in [2.75, 3.05) is 4.90 Å². The number of phenols is 1. The summed E-state index contributed by atoms with van der Waals surface area (Å²) in [5, 5.41) is 34.6. The average molecular weight is 449 g/mol. The molecule has 0 unspecified atom stereocenters. The Balaban J connectivity index is 2.15. The molecule has 0 bridgehead atoms. The van der Waals surface area contributed by atoms with Crippen LogP contribution in [0.1, 0.15) is 5.56 Å². The van der Waals surface area contributed by atoms with Crippen molar-refractivity contribution in [2.24, 2.45) is 0 Å². The fourth-order valence-corrected chi connectivity index (χ4v) is 3.11. The van der Waals surface area contributed by atoms with Crippen LogP contribution < -0.4 is 10.2 Å². The van der Waals surface area contributed by atoms with E-state index in [0.717, 1.165) is 17.0 Å². The van der Waals surface area contributed by atoms with Crippen LogP contribution in [0.25, 0.3) is 6.08 Å². The zero-order chi connectivity index (χ0) is 22.2. The number of nitrogens with zero attached hydrogens (tertiary/aromatic N) is 3. The van der Waals surface area contributed by atoms with Crippen LogP contribution in [0, 0.1) is 20.2 Å². The molecule has 1 aliphatic rings. The average Bonchev–Trinajstić information content (AvgIpc) is 2.65. The molecule has 11 nitrogen and oxygen atoms in total. The van der Waals surface area contributed by atoms with E-state index in [9.17, 15) is 34.9 Å². The number of amides is 2. The zero-order valence-corrected chi connectivity index (χ0v) is 16.1. The third kappa shape index (κ3) is 3.81. The van der Waals surface area contributed by atoms with Gasteiger partial charge in [-0.2, -0.15) is 0 Å². The lowest BCUT2D eigenvalue weighted by Crippen LogP contribution is -2.54. The summed E-state index contributed by atoms with van der Waals surface area (Å²) in [6.45, 7) is 0. The first kappa shape index (κ1) is 20.8. The quantitative estimate of drug-likeness (QED) is 0.237. The molecule has 0 aromatic heterocycles. The number of nitro groups is 2. The molecule has 0 atom stereocenters. The fraction of sp³-hybridized carbons (Fsp3) is 0. The number of carbonyl (C=O) groups is 2. The van der Waals surface area contributed by atoms with Crippen LogP contribution in [0.5, 0.6) is 5.75 Å². The number of nitrogens with one attached hydrogen (secondary N) is 1. The van der Waals surface area contributed by atoms with E-state index in [-0.39, 0.29) is 15.8 Å². The minimum absolute atomic E-state index is 0.234. The van der Waals surface area contributed by atoms with Gasteiger partial charge in [0.15, 0.2) is 5.11 Å². The molecule has 2 aromatic rings. The van der Waals surface area contributed by atoms with Crippen molar-refractivity contribution in [1.82, 2.24) is 5.32 Å². The number of non-ortho nitro benzene ring substituents is 1. The number of hydrogen-bond acceptors (Lipinski definition) is 8. The minimum atomic E-state index is -1.03. The van der Waals surface area contributed by atoms with Crippen molar-refractivity contribution in [2.45, 2.75) is 0 Å². The van der Waals surface area contributed by atoms with E-state index < -0.39 is 49.9 Å². The third-order valence-corrected chi connectivity index (χ3v) is 4.50. The lowest BCUT2D eigenvalue weighted by Gasteiger charge is -2.29. The molecule has 13 heteroatoms. The number of anilines is 1. The molecule has 0 radical (unpaired) electrons. The van der Waals surface area contributed by atoms with E-state index in [1.807, 2.05) is 0 Å². The molecule has 1 heterocycles. The molecule has 3 rings (SSSR count). The van der Waals surface area contributed by atoms with Gasteiger partial charge in [-0.25, -0.2) is 0 Å². The number of hydrogen-bond donors (Lipinski definition) is 2. The number of aromatic hydroxyl groups is 1. The summed E-state index contributed by atoms with van der Waals surface area (Å²) in [6, 6.07) is 7.37. The Bertz CT molecular complexity index is 1180. The van der Waals surface area contributed by atoms with E-state index >= 15 is 0 Å². The highest BCUT2D eigenvalue weighted by Gasteiger charge is 2.35. The minimum Gasteiger partial charge on any atom is -0.502 e. The van der Waals surface area contributed by atoms with Crippen LogP contribution in [-0.4, -0.2) is 31.9 Å². The van der Waals surface area contributed by atoms with Gasteiger partial charge in [-0.05, 0) is 36.5 Å². The smallest absolute Gasteiger partial charge is 0.318 e. The number of halogens is 1. The first-order valence-corrected chi connectivity index (χ1v) is 8.71. The molecule has 1 fully saturated rings. The predicted octanol–water partition coefficient (Wildman–Crippen LogP) is 2.69. The maximum absolute atomic E-state index is 12.9. The molecular formula is C17H9ClN4O7S. The Kier molecular flexibility index (Phi) is 5.45. The van der Waals surface area contributed by atoms with Crippen molar-refractivity contribution in [3.05, 3.63) is 72.8 Å². The summed E-state index contributed by atoms with van der Waals surface area (Å²) in [4.78, 5) is 46.4. The van der Waals surface area contributed by atoms with Gasteiger partial charge in [-0.15, -0.1) is 0 Å². The van der Waals surface area contributed by atoms with Crippen molar-refractivity contribution in [3.63, 3.8) is 0 Å². The summed E-state index contributed by atoms with van der Waals surface area (Å²) in [6.07, 6.45) is 0.812. The van der Waals surface area contributed by atoms with Gasteiger partial charge in [0, 0.05) is 16.7 Å². The SMILES string of the molecule is O=C1NC(=S)N(c2cccc(Cl)c2)C(=O)/C1=C/c1cc([N+](=O)[O-])cc([N+](=O)[O-])c1O. The lowest BCUT2D eigenvalue weighted by atomic mass is 10.0. The largest absolute Gasteiger partial charge is 0.502 e. The van der Waals surface area contributed by atoms with Gasteiger partial charge in [0.1, 0.15) is 5.57 Å². The number of carbonyl (C=O) groups excluding carboxylic acids is 2. The molecule has 0 aliphatic carbocycles. The molecule has 0 spiro atoms. The van der Waals surface area contributed by atoms with Crippen molar-refractivity contribution >= 4 is 63.9 Å². The Morgan fingerprint density at radius 1 is 1.13 bits per heavy atom. The second-order valence-corrected chi connectivity index (χ2v) is 6.68. The van der Waals surface area contributed by atoms with Crippen molar-refractivity contribution < 1.29 is 24.5 Å². The lowest BCUT2D eigenvalue weighted by molar-refractivity contribution is -0.394. The van der Waals surface area contributed by atoms with E-state index in [1.165, 1.54) is 12.1 Å². The van der Waals surface area contributed by atoms with E-state index in [4.69, 9.17) is 23.8 Å². The van der Waals surface area contributed by atoms with Gasteiger partial charge in [-0.1, -0.05) is 17.7 Å². The van der Waals surface area contributed by atoms with Crippen molar-refractivity contribution in [1.29, 1.82) is 0 Å². The molecule has 152 valence electrons. The summed E-state index contributed by atoms with van der Waals surface area (Å²) < 4.78 is 0. The van der Waals surface area contributed by atoms with Crippen molar-refractivity contribution in [3.8, 4) is 5.75 Å². The summed E-state index contributed by atoms with van der Waals surface area (Å²) in [5.74, 6) is -2.81. The molecule has 2 amide bonds. The second kappa shape index (κ2) is 7.85. The highest BCUT2D eigenvalue weighted by atomic mass is 35.5. The molecule has 2 aromatic carbocycles. The molecular weight excluding hydrogens is 440 g/mol. The van der Waals surface area contributed by atoms with Gasteiger partial charge in [0.2, 0.25) is 5.75 Å². The highest BCUT2D eigenvalue weighted by molar-refractivity contribution is 7.80. The summed E-state index contributed by atoms with van der Waals surface area (Å²) >= 11 is 11.0. The number of nitro benzene ring substituents is 2. The summed E-state index contributed by atoms with van der Waals surface area (Å²) in [5.41, 5.74) is -2.46. The van der Waals surface area contributed by atoms with Crippen LogP contribution >= 0.6 is 23.8 Å². The number of rotatable bonds is 4. The standard InChI is InChI=1S/C17H9ClN4O7S/c18-9-2-1-3-10(6-9)20-16(25)12(15(24)19-17(20)30)5-8-4-11(21(26)27)7-13(14(8)23)22(28)29/h1-7,23H,(H,19,24,30)/b12-5+. The van der Waals surface area contributed by atoms with Gasteiger partial charge in [0.05, 0.1) is 21.6 Å². The first-order valence-electron chi connectivity index (χ1n) is 7.93.